The highest BCUT2D eigenvalue weighted by molar-refractivity contribution is 6.42. The van der Waals surface area contributed by atoms with Crippen LogP contribution in [-0.2, 0) is 19.8 Å². The minimum Gasteiger partial charge on any atom is -0.470 e. The molecule has 1 N–H and O–H groups in total. The zero-order valence-electron chi connectivity index (χ0n) is 14.0. The molecule has 0 saturated carbocycles. The highest BCUT2D eigenvalue weighted by atomic mass is 35.5. The number of halogens is 2. The maximum atomic E-state index is 12.2. The molecule has 0 unspecified atom stereocenters. The zero-order valence-corrected chi connectivity index (χ0v) is 15.5. The molecule has 3 rings (SSSR count). The van der Waals surface area contributed by atoms with Gasteiger partial charge in [0.05, 0.1) is 11.2 Å². The van der Waals surface area contributed by atoms with Crippen molar-refractivity contribution in [3.63, 3.8) is 0 Å². The predicted octanol–water partition coefficient (Wildman–Crippen LogP) is 3.37. The van der Waals surface area contributed by atoms with Crippen LogP contribution in [0.4, 0.5) is 0 Å². The van der Waals surface area contributed by atoms with Gasteiger partial charge in [0.1, 0.15) is 16.5 Å². The lowest BCUT2D eigenvalue weighted by atomic mass is 10.3. The Balaban J connectivity index is 1.55. The third-order valence-corrected chi connectivity index (χ3v) is 4.41. The lowest BCUT2D eigenvalue weighted by Crippen LogP contribution is -2.23. The van der Waals surface area contributed by atoms with E-state index in [9.17, 15) is 4.79 Å². The van der Waals surface area contributed by atoms with E-state index in [4.69, 9.17) is 27.9 Å². The van der Waals surface area contributed by atoms with Crippen molar-refractivity contribution in [2.75, 3.05) is 0 Å². The van der Waals surface area contributed by atoms with Crippen molar-refractivity contribution in [2.24, 2.45) is 0 Å². The smallest absolute Gasteiger partial charge is 0.272 e. The molecule has 0 aliphatic heterocycles. The van der Waals surface area contributed by atoms with Gasteiger partial charge in [-0.05, 0) is 25.1 Å². The monoisotopic (exact) mass is 393 g/mol. The Labute approximate surface area is 160 Å². The minimum atomic E-state index is -0.270. The molecule has 0 atom stereocenters. The average molecular weight is 394 g/mol. The largest absolute Gasteiger partial charge is 0.470 e. The van der Waals surface area contributed by atoms with Crippen LogP contribution in [0.15, 0.2) is 42.9 Å². The first kappa shape index (κ1) is 18.3. The van der Waals surface area contributed by atoms with Crippen molar-refractivity contribution < 1.29 is 9.53 Å². The first-order chi connectivity index (χ1) is 12.6. The number of nitrogens with one attached hydrogen (secondary N) is 1. The second-order valence-corrected chi connectivity index (χ2v) is 6.24. The molecule has 26 heavy (non-hydrogen) atoms. The Morgan fingerprint density at radius 1 is 1.27 bits per heavy atom. The Morgan fingerprint density at radius 3 is 2.88 bits per heavy atom. The molecule has 9 heteroatoms. The fourth-order valence-corrected chi connectivity index (χ4v) is 2.58. The number of benzene rings is 1. The SMILES string of the molecule is CCn1cc(CNC(=O)c2ccn(COc3cccc(Cl)c3Cl)n2)cn1. The highest BCUT2D eigenvalue weighted by Gasteiger charge is 2.11. The molecule has 0 aliphatic carbocycles. The molecule has 0 bridgehead atoms. The number of carbonyl (C=O) groups excluding carboxylic acids is 1. The van der Waals surface area contributed by atoms with Crippen molar-refractivity contribution in [1.82, 2.24) is 24.9 Å². The molecule has 1 amide bonds. The van der Waals surface area contributed by atoms with Crippen molar-refractivity contribution in [1.29, 1.82) is 0 Å². The summed E-state index contributed by atoms with van der Waals surface area (Å²) in [7, 11) is 0. The number of rotatable bonds is 7. The van der Waals surface area contributed by atoms with E-state index in [0.29, 0.717) is 28.0 Å². The number of hydrogen-bond donors (Lipinski definition) is 1. The lowest BCUT2D eigenvalue weighted by Gasteiger charge is -2.08. The summed E-state index contributed by atoms with van der Waals surface area (Å²) in [5.74, 6) is 0.183. The van der Waals surface area contributed by atoms with Crippen LogP contribution in [0.3, 0.4) is 0 Å². The molecule has 0 radical (unpaired) electrons. The van der Waals surface area contributed by atoms with Crippen LogP contribution >= 0.6 is 23.2 Å². The maximum absolute atomic E-state index is 12.2. The van der Waals surface area contributed by atoms with Gasteiger partial charge in [-0.15, -0.1) is 0 Å². The number of ether oxygens (including phenoxy) is 1. The van der Waals surface area contributed by atoms with Crippen LogP contribution in [0.25, 0.3) is 0 Å². The molecule has 7 nitrogen and oxygen atoms in total. The van der Waals surface area contributed by atoms with E-state index in [1.807, 2.05) is 13.1 Å². The zero-order chi connectivity index (χ0) is 18.5. The average Bonchev–Trinajstić information content (AvgIpc) is 3.30. The molecular formula is C17H17Cl2N5O2. The first-order valence-electron chi connectivity index (χ1n) is 7.96. The third kappa shape index (κ3) is 4.36. The Morgan fingerprint density at radius 2 is 2.12 bits per heavy atom. The van der Waals surface area contributed by atoms with E-state index in [-0.39, 0.29) is 12.6 Å². The van der Waals surface area contributed by atoms with E-state index in [1.165, 1.54) is 4.68 Å². The molecular weight excluding hydrogens is 377 g/mol. The second kappa shape index (κ2) is 8.25. The van der Waals surface area contributed by atoms with Gasteiger partial charge >= 0.3 is 0 Å². The van der Waals surface area contributed by atoms with Crippen molar-refractivity contribution in [2.45, 2.75) is 26.7 Å². The van der Waals surface area contributed by atoms with E-state index in [0.717, 1.165) is 12.1 Å². The number of nitrogens with zero attached hydrogens (tertiary/aromatic N) is 4. The maximum Gasteiger partial charge on any atom is 0.272 e. The summed E-state index contributed by atoms with van der Waals surface area (Å²) < 4.78 is 8.88. The van der Waals surface area contributed by atoms with E-state index < -0.39 is 0 Å². The minimum absolute atomic E-state index is 0.108. The van der Waals surface area contributed by atoms with Crippen LogP contribution in [0.2, 0.25) is 10.0 Å². The number of amides is 1. The van der Waals surface area contributed by atoms with Gasteiger partial charge < -0.3 is 10.1 Å². The normalized spacial score (nSPS) is 10.7. The van der Waals surface area contributed by atoms with Gasteiger partial charge in [-0.25, -0.2) is 4.68 Å². The summed E-state index contributed by atoms with van der Waals surface area (Å²) in [6.07, 6.45) is 5.27. The van der Waals surface area contributed by atoms with Gasteiger partial charge in [0.15, 0.2) is 6.73 Å². The van der Waals surface area contributed by atoms with Crippen LogP contribution in [-0.4, -0.2) is 25.5 Å². The number of hydrogen-bond acceptors (Lipinski definition) is 4. The molecule has 136 valence electrons. The number of aryl methyl sites for hydroxylation is 1. The second-order valence-electron chi connectivity index (χ2n) is 5.45. The van der Waals surface area contributed by atoms with E-state index >= 15 is 0 Å². The van der Waals surface area contributed by atoms with Crippen LogP contribution < -0.4 is 10.1 Å². The first-order valence-corrected chi connectivity index (χ1v) is 8.72. The lowest BCUT2D eigenvalue weighted by molar-refractivity contribution is 0.0944. The van der Waals surface area contributed by atoms with Gasteiger partial charge in [0.25, 0.3) is 5.91 Å². The Kier molecular flexibility index (Phi) is 5.80. The molecule has 0 aliphatic rings. The number of carbonyl (C=O) groups is 1. The van der Waals surface area contributed by atoms with Crippen molar-refractivity contribution in [3.8, 4) is 5.75 Å². The van der Waals surface area contributed by atoms with Gasteiger partial charge in [-0.3, -0.25) is 9.48 Å². The van der Waals surface area contributed by atoms with Crippen molar-refractivity contribution in [3.05, 3.63) is 64.2 Å². The fraction of sp³-hybridized carbons (Fsp3) is 0.235. The Hall–Kier alpha value is -2.51. The summed E-state index contributed by atoms with van der Waals surface area (Å²) in [4.78, 5) is 12.2. The molecule has 3 aromatic rings. The molecule has 0 spiro atoms. The summed E-state index contributed by atoms with van der Waals surface area (Å²) in [5, 5.41) is 11.9. The van der Waals surface area contributed by atoms with Gasteiger partial charge in [-0.1, -0.05) is 29.3 Å². The van der Waals surface area contributed by atoms with E-state index in [1.54, 1.807) is 41.3 Å². The predicted molar refractivity (Wildman–Crippen MR) is 98.4 cm³/mol. The third-order valence-electron chi connectivity index (χ3n) is 3.61. The topological polar surface area (TPSA) is 74.0 Å². The Bertz CT molecular complexity index is 906. The molecule has 0 saturated heterocycles. The molecule has 1 aromatic carbocycles. The quantitative estimate of drug-likeness (QED) is 0.667. The summed E-state index contributed by atoms with van der Waals surface area (Å²) in [5.41, 5.74) is 1.23. The molecule has 2 heterocycles. The van der Waals surface area contributed by atoms with Crippen LogP contribution in [0.1, 0.15) is 23.0 Å². The van der Waals surface area contributed by atoms with Crippen LogP contribution in [0, 0.1) is 0 Å². The van der Waals surface area contributed by atoms with Crippen LogP contribution in [0.5, 0.6) is 5.75 Å². The summed E-state index contributed by atoms with van der Waals surface area (Å²) >= 11 is 12.0. The number of aromatic nitrogens is 4. The van der Waals surface area contributed by atoms with Gasteiger partial charge in [0.2, 0.25) is 0 Å². The van der Waals surface area contributed by atoms with E-state index in [2.05, 4.69) is 15.5 Å². The van der Waals surface area contributed by atoms with Gasteiger partial charge in [0, 0.05) is 31.0 Å². The highest BCUT2D eigenvalue weighted by Crippen LogP contribution is 2.31. The summed E-state index contributed by atoms with van der Waals surface area (Å²) in [6, 6.07) is 6.75. The standard InChI is InChI=1S/C17H17Cl2N5O2/c1-2-23-10-12(9-21-23)8-20-17(25)14-6-7-24(22-14)11-26-15-5-3-4-13(18)16(15)19/h3-7,9-10H,2,8,11H2,1H3,(H,20,25). The van der Waals surface area contributed by atoms with Crippen molar-refractivity contribution >= 4 is 29.1 Å². The molecule has 0 fully saturated rings. The van der Waals surface area contributed by atoms with Gasteiger partial charge in [-0.2, -0.15) is 10.2 Å². The molecule has 2 aromatic heterocycles. The summed E-state index contributed by atoms with van der Waals surface area (Å²) in [6.45, 7) is 3.28. The fourth-order valence-electron chi connectivity index (χ4n) is 2.23.